The molecule has 2 rings (SSSR count). The Balaban J connectivity index is 1.57. The first-order chi connectivity index (χ1) is 10.2. The van der Waals surface area contributed by atoms with E-state index in [1.54, 1.807) is 0 Å². The van der Waals surface area contributed by atoms with Gasteiger partial charge < -0.3 is 15.3 Å². The number of carboxylic acids is 1. The highest BCUT2D eigenvalue weighted by Crippen LogP contribution is 2.21. The van der Waals surface area contributed by atoms with Gasteiger partial charge in [-0.15, -0.1) is 11.3 Å². The van der Waals surface area contributed by atoms with E-state index in [4.69, 9.17) is 5.11 Å². The van der Waals surface area contributed by atoms with Crippen LogP contribution in [0.5, 0.6) is 0 Å². The van der Waals surface area contributed by atoms with Gasteiger partial charge in [0.1, 0.15) is 0 Å². The van der Waals surface area contributed by atoms with Crippen LogP contribution in [0.25, 0.3) is 0 Å². The summed E-state index contributed by atoms with van der Waals surface area (Å²) >= 11 is 1.19. The van der Waals surface area contributed by atoms with E-state index in [0.717, 1.165) is 31.2 Å². The Morgan fingerprint density at radius 1 is 1.48 bits per heavy atom. The Bertz CT molecular complexity index is 444. The van der Waals surface area contributed by atoms with Crippen molar-refractivity contribution in [3.63, 3.8) is 0 Å². The Morgan fingerprint density at radius 2 is 2.24 bits per heavy atom. The molecule has 1 aliphatic carbocycles. The van der Waals surface area contributed by atoms with Crippen LogP contribution in [0.2, 0.25) is 0 Å². The topological polar surface area (TPSA) is 65.5 Å². The average Bonchev–Trinajstić information content (AvgIpc) is 2.97. The molecule has 0 aromatic carbocycles. The highest BCUT2D eigenvalue weighted by molar-refractivity contribution is 7.11. The molecule has 118 valence electrons. The second-order valence-corrected chi connectivity index (χ2v) is 6.61. The zero-order valence-corrected chi connectivity index (χ0v) is 13.5. The molecule has 0 aliphatic heterocycles. The minimum atomic E-state index is -0.944. The summed E-state index contributed by atoms with van der Waals surface area (Å²) in [6.45, 7) is 2.71. The van der Waals surface area contributed by atoms with Crippen LogP contribution in [0.3, 0.4) is 0 Å². The standard InChI is InChI=1S/C15H25N3O2S/c1-18(13-6-3-2-4-7-13)9-5-8-16-10-12-11-21-14(17-12)15(19)20/h11,13,16H,2-10H2,1H3,(H,19,20). The van der Waals surface area contributed by atoms with E-state index < -0.39 is 5.97 Å². The van der Waals surface area contributed by atoms with E-state index in [-0.39, 0.29) is 5.01 Å². The number of thiazole rings is 1. The number of nitrogens with one attached hydrogen (secondary N) is 1. The molecule has 0 amide bonds. The van der Waals surface area contributed by atoms with Gasteiger partial charge in [0, 0.05) is 18.0 Å². The number of aromatic carboxylic acids is 1. The molecule has 1 aromatic heterocycles. The summed E-state index contributed by atoms with van der Waals surface area (Å²) in [6, 6.07) is 0.774. The molecule has 5 nitrogen and oxygen atoms in total. The summed E-state index contributed by atoms with van der Waals surface area (Å²) in [5.41, 5.74) is 0.818. The fourth-order valence-electron chi connectivity index (χ4n) is 2.86. The number of nitrogens with zero attached hydrogens (tertiary/aromatic N) is 2. The van der Waals surface area contributed by atoms with Gasteiger partial charge in [-0.3, -0.25) is 0 Å². The van der Waals surface area contributed by atoms with Crippen molar-refractivity contribution in [2.75, 3.05) is 20.1 Å². The third-order valence-corrected chi connectivity index (χ3v) is 4.98. The maximum absolute atomic E-state index is 10.7. The minimum absolute atomic E-state index is 0.170. The van der Waals surface area contributed by atoms with Crippen LogP contribution in [0.4, 0.5) is 0 Å². The molecule has 0 radical (unpaired) electrons. The Labute approximate surface area is 130 Å². The third kappa shape index (κ3) is 5.37. The van der Waals surface area contributed by atoms with E-state index in [9.17, 15) is 4.79 Å². The van der Waals surface area contributed by atoms with Gasteiger partial charge in [0.15, 0.2) is 0 Å². The van der Waals surface area contributed by atoms with Crippen molar-refractivity contribution >= 4 is 17.3 Å². The molecule has 21 heavy (non-hydrogen) atoms. The van der Waals surface area contributed by atoms with Gasteiger partial charge in [-0.25, -0.2) is 9.78 Å². The normalized spacial score (nSPS) is 16.5. The van der Waals surface area contributed by atoms with Gasteiger partial charge in [-0.05, 0) is 39.4 Å². The first-order valence-corrected chi connectivity index (χ1v) is 8.63. The lowest BCUT2D eigenvalue weighted by atomic mass is 9.94. The molecule has 6 heteroatoms. The number of hydrogen-bond acceptors (Lipinski definition) is 5. The van der Waals surface area contributed by atoms with E-state index >= 15 is 0 Å². The van der Waals surface area contributed by atoms with Gasteiger partial charge in [0.2, 0.25) is 5.01 Å². The molecule has 0 bridgehead atoms. The summed E-state index contributed by atoms with van der Waals surface area (Å²) in [5, 5.41) is 14.1. The number of aromatic nitrogens is 1. The van der Waals surface area contributed by atoms with Gasteiger partial charge >= 0.3 is 5.97 Å². The molecular formula is C15H25N3O2S. The van der Waals surface area contributed by atoms with E-state index in [2.05, 4.69) is 22.2 Å². The molecule has 1 heterocycles. The number of carboxylic acid groups (broad SMARTS) is 1. The Kier molecular flexibility index (Phi) is 6.60. The minimum Gasteiger partial charge on any atom is -0.476 e. The monoisotopic (exact) mass is 311 g/mol. The molecule has 1 aromatic rings. The fourth-order valence-corrected chi connectivity index (χ4v) is 3.52. The van der Waals surface area contributed by atoms with Crippen molar-refractivity contribution in [3.05, 3.63) is 16.1 Å². The van der Waals surface area contributed by atoms with Crippen LogP contribution in [-0.2, 0) is 6.54 Å². The maximum atomic E-state index is 10.7. The summed E-state index contributed by atoms with van der Waals surface area (Å²) in [6.07, 6.45) is 7.97. The second kappa shape index (κ2) is 8.46. The summed E-state index contributed by atoms with van der Waals surface area (Å²) < 4.78 is 0. The second-order valence-electron chi connectivity index (χ2n) is 5.75. The van der Waals surface area contributed by atoms with Crippen molar-refractivity contribution < 1.29 is 9.90 Å². The van der Waals surface area contributed by atoms with Gasteiger partial charge in [0.05, 0.1) is 5.69 Å². The molecule has 1 aliphatic rings. The smallest absolute Gasteiger partial charge is 0.365 e. The van der Waals surface area contributed by atoms with Crippen LogP contribution in [-0.4, -0.2) is 47.1 Å². The number of rotatable bonds is 8. The molecule has 0 saturated heterocycles. The third-order valence-electron chi connectivity index (χ3n) is 4.10. The number of hydrogen-bond donors (Lipinski definition) is 2. The van der Waals surface area contributed by atoms with E-state index in [0.29, 0.717) is 6.54 Å². The van der Waals surface area contributed by atoms with Crippen molar-refractivity contribution in [2.24, 2.45) is 0 Å². The van der Waals surface area contributed by atoms with Crippen LogP contribution in [0, 0.1) is 0 Å². The molecule has 0 spiro atoms. The summed E-state index contributed by atoms with van der Waals surface area (Å²) in [4.78, 5) is 17.3. The average molecular weight is 311 g/mol. The Morgan fingerprint density at radius 3 is 2.90 bits per heavy atom. The lowest BCUT2D eigenvalue weighted by Gasteiger charge is -2.31. The molecule has 0 atom stereocenters. The van der Waals surface area contributed by atoms with Crippen LogP contribution >= 0.6 is 11.3 Å². The van der Waals surface area contributed by atoms with Gasteiger partial charge in [0.25, 0.3) is 0 Å². The summed E-state index contributed by atoms with van der Waals surface area (Å²) in [5.74, 6) is -0.944. The fraction of sp³-hybridized carbons (Fsp3) is 0.733. The van der Waals surface area contributed by atoms with Crippen LogP contribution < -0.4 is 5.32 Å². The highest BCUT2D eigenvalue weighted by atomic mass is 32.1. The highest BCUT2D eigenvalue weighted by Gasteiger charge is 2.17. The van der Waals surface area contributed by atoms with E-state index in [1.807, 2.05) is 5.38 Å². The van der Waals surface area contributed by atoms with E-state index in [1.165, 1.54) is 43.4 Å². The zero-order valence-electron chi connectivity index (χ0n) is 12.7. The van der Waals surface area contributed by atoms with Crippen molar-refractivity contribution in [2.45, 2.75) is 51.1 Å². The molecule has 2 N–H and O–H groups in total. The quantitative estimate of drug-likeness (QED) is 0.722. The van der Waals surface area contributed by atoms with Crippen LogP contribution in [0.15, 0.2) is 5.38 Å². The first-order valence-electron chi connectivity index (χ1n) is 7.75. The SMILES string of the molecule is CN(CCCNCc1csc(C(=O)O)n1)C1CCCCC1. The lowest BCUT2D eigenvalue weighted by Crippen LogP contribution is -2.35. The lowest BCUT2D eigenvalue weighted by molar-refractivity contribution is 0.0696. The Hall–Kier alpha value is -0.980. The molecule has 1 fully saturated rings. The van der Waals surface area contributed by atoms with Gasteiger partial charge in [-0.1, -0.05) is 19.3 Å². The number of carbonyl (C=O) groups is 1. The summed E-state index contributed by atoms with van der Waals surface area (Å²) in [7, 11) is 2.23. The molecule has 1 saturated carbocycles. The molecule has 0 unspecified atom stereocenters. The molecular weight excluding hydrogens is 286 g/mol. The van der Waals surface area contributed by atoms with Gasteiger partial charge in [-0.2, -0.15) is 0 Å². The van der Waals surface area contributed by atoms with Crippen molar-refractivity contribution in [3.8, 4) is 0 Å². The predicted octanol–water partition coefficient (Wildman–Crippen LogP) is 2.59. The maximum Gasteiger partial charge on any atom is 0.365 e. The largest absolute Gasteiger partial charge is 0.476 e. The first kappa shape index (κ1) is 16.4. The zero-order chi connectivity index (χ0) is 15.1. The van der Waals surface area contributed by atoms with Crippen LogP contribution in [0.1, 0.15) is 54.0 Å². The predicted molar refractivity (Wildman–Crippen MR) is 84.9 cm³/mol. The van der Waals surface area contributed by atoms with Crippen molar-refractivity contribution in [1.82, 2.24) is 15.2 Å². The van der Waals surface area contributed by atoms with Crippen molar-refractivity contribution in [1.29, 1.82) is 0 Å².